The number of aliphatic hydroxyl groups is 1. The topological polar surface area (TPSA) is 113 Å². The third kappa shape index (κ3) is 4.73. The number of methoxy groups -OCH3 is 2. The van der Waals surface area contributed by atoms with Crippen LogP contribution in [0.25, 0.3) is 5.76 Å². The first-order chi connectivity index (χ1) is 17.7. The number of anilines is 1. The number of aliphatic hydroxyl groups excluding tert-OH is 1. The second kappa shape index (κ2) is 10.5. The molecule has 1 amide bonds. The predicted molar refractivity (Wildman–Crippen MR) is 139 cm³/mol. The summed E-state index contributed by atoms with van der Waals surface area (Å²) in [6, 6.07) is 15.3. The maximum Gasteiger partial charge on any atom is 0.307 e. The molecule has 190 valence electrons. The summed E-state index contributed by atoms with van der Waals surface area (Å²) in [5, 5.41) is 20.6. The van der Waals surface area contributed by atoms with Gasteiger partial charge in [0.1, 0.15) is 10.8 Å². The molecule has 1 aliphatic rings. The minimum absolute atomic E-state index is 0.00837. The number of carboxylic acids is 1. The van der Waals surface area contributed by atoms with E-state index in [9.17, 15) is 19.5 Å². The molecule has 0 bridgehead atoms. The number of ether oxygens (including phenoxy) is 2. The third-order valence-electron chi connectivity index (χ3n) is 5.92. The first-order valence-electron chi connectivity index (χ1n) is 11.0. The molecule has 0 aliphatic carbocycles. The molecule has 1 saturated heterocycles. The zero-order valence-corrected chi connectivity index (χ0v) is 21.2. The van der Waals surface area contributed by atoms with Gasteiger partial charge in [0.25, 0.3) is 11.7 Å². The highest BCUT2D eigenvalue weighted by Gasteiger charge is 2.47. The van der Waals surface area contributed by atoms with E-state index >= 15 is 0 Å². The average Bonchev–Trinajstić information content (AvgIpc) is 3.14. The highest BCUT2D eigenvalue weighted by molar-refractivity contribution is 6.52. The Bertz CT molecular complexity index is 1420. The van der Waals surface area contributed by atoms with Crippen LogP contribution in [0.15, 0.2) is 66.2 Å². The lowest BCUT2D eigenvalue weighted by Crippen LogP contribution is -2.29. The van der Waals surface area contributed by atoms with Gasteiger partial charge in [-0.05, 0) is 29.3 Å². The number of carbonyl (C=O) groups is 3. The quantitative estimate of drug-likeness (QED) is 0.238. The van der Waals surface area contributed by atoms with Crippen molar-refractivity contribution in [1.82, 2.24) is 0 Å². The summed E-state index contributed by atoms with van der Waals surface area (Å²) in [5.41, 5.74) is 1.25. The van der Waals surface area contributed by atoms with Crippen molar-refractivity contribution in [3.63, 3.8) is 0 Å². The Morgan fingerprint density at radius 2 is 1.57 bits per heavy atom. The van der Waals surface area contributed by atoms with Crippen LogP contribution in [0.2, 0.25) is 10.0 Å². The minimum Gasteiger partial charge on any atom is -0.507 e. The van der Waals surface area contributed by atoms with E-state index in [0.29, 0.717) is 16.8 Å². The standard InChI is InChI=1S/C27H21Cl2NO7/c1-36-25-17(13-18(28)26(37-2)21(25)29)23(33)20-22(15-6-4-3-5-7-15)30(27(35)24(20)34)16-10-8-14(9-11-16)12-19(31)32/h3-11,13,22,33H,12H2,1-2H3,(H,31,32)/b23-20+. The van der Waals surface area contributed by atoms with Crippen molar-refractivity contribution in [1.29, 1.82) is 0 Å². The number of amides is 1. The van der Waals surface area contributed by atoms with E-state index in [0.717, 1.165) is 0 Å². The van der Waals surface area contributed by atoms with Gasteiger partial charge in [-0.15, -0.1) is 0 Å². The molecule has 1 atom stereocenters. The Hall–Kier alpha value is -4.01. The summed E-state index contributed by atoms with van der Waals surface area (Å²) >= 11 is 12.7. The Kier molecular flexibility index (Phi) is 7.42. The van der Waals surface area contributed by atoms with Gasteiger partial charge in [-0.3, -0.25) is 19.3 Å². The third-order valence-corrected chi connectivity index (χ3v) is 6.55. The molecule has 0 aromatic heterocycles. The molecule has 4 rings (SSSR count). The van der Waals surface area contributed by atoms with Gasteiger partial charge < -0.3 is 19.7 Å². The number of hydrogen-bond donors (Lipinski definition) is 2. The van der Waals surface area contributed by atoms with Crippen LogP contribution < -0.4 is 14.4 Å². The van der Waals surface area contributed by atoms with Crippen molar-refractivity contribution < 1.29 is 34.1 Å². The van der Waals surface area contributed by atoms with E-state index in [-0.39, 0.29) is 39.1 Å². The van der Waals surface area contributed by atoms with Crippen molar-refractivity contribution in [3.05, 3.63) is 93.0 Å². The van der Waals surface area contributed by atoms with Crippen LogP contribution in [0.1, 0.15) is 22.7 Å². The molecule has 3 aromatic carbocycles. The van der Waals surface area contributed by atoms with Crippen LogP contribution in [0, 0.1) is 0 Å². The van der Waals surface area contributed by atoms with Gasteiger partial charge in [-0.1, -0.05) is 65.7 Å². The van der Waals surface area contributed by atoms with Crippen LogP contribution in [0.3, 0.4) is 0 Å². The number of rotatable bonds is 7. The van der Waals surface area contributed by atoms with E-state index in [1.807, 2.05) is 0 Å². The summed E-state index contributed by atoms with van der Waals surface area (Å²) in [5.74, 6) is -3.18. The van der Waals surface area contributed by atoms with Crippen molar-refractivity contribution in [3.8, 4) is 11.5 Å². The molecule has 37 heavy (non-hydrogen) atoms. The Morgan fingerprint density at radius 3 is 2.14 bits per heavy atom. The van der Waals surface area contributed by atoms with E-state index in [1.54, 1.807) is 54.6 Å². The summed E-state index contributed by atoms with van der Waals surface area (Å²) in [6.45, 7) is 0. The fourth-order valence-corrected chi connectivity index (χ4v) is 4.98. The fraction of sp³-hybridized carbons (Fsp3) is 0.148. The number of ketones is 1. The lowest BCUT2D eigenvalue weighted by atomic mass is 9.94. The average molecular weight is 542 g/mol. The number of carboxylic acid groups (broad SMARTS) is 1. The molecule has 2 N–H and O–H groups in total. The number of benzene rings is 3. The highest BCUT2D eigenvalue weighted by atomic mass is 35.5. The van der Waals surface area contributed by atoms with Gasteiger partial charge in [-0.25, -0.2) is 0 Å². The SMILES string of the molecule is COc1c(Cl)cc(/C(O)=C2\C(=O)C(=O)N(c3ccc(CC(=O)O)cc3)C2c2ccccc2)c(OC)c1Cl. The molecular formula is C27H21Cl2NO7. The first kappa shape index (κ1) is 26.1. The van der Waals surface area contributed by atoms with Gasteiger partial charge >= 0.3 is 5.97 Å². The second-order valence-electron chi connectivity index (χ2n) is 8.10. The smallest absolute Gasteiger partial charge is 0.307 e. The van der Waals surface area contributed by atoms with E-state index in [4.69, 9.17) is 37.8 Å². The van der Waals surface area contributed by atoms with Gasteiger partial charge in [0, 0.05) is 5.69 Å². The van der Waals surface area contributed by atoms with Crippen LogP contribution in [-0.4, -0.2) is 42.1 Å². The van der Waals surface area contributed by atoms with E-state index in [1.165, 1.54) is 25.2 Å². The van der Waals surface area contributed by atoms with Crippen LogP contribution in [0.5, 0.6) is 11.5 Å². The molecule has 1 aliphatic heterocycles. The largest absolute Gasteiger partial charge is 0.507 e. The van der Waals surface area contributed by atoms with Crippen molar-refractivity contribution in [2.75, 3.05) is 19.1 Å². The second-order valence-corrected chi connectivity index (χ2v) is 8.89. The summed E-state index contributed by atoms with van der Waals surface area (Å²) in [7, 11) is 2.70. The van der Waals surface area contributed by atoms with Crippen LogP contribution >= 0.6 is 23.2 Å². The molecule has 1 heterocycles. The molecule has 1 unspecified atom stereocenters. The molecule has 1 fully saturated rings. The molecule has 0 radical (unpaired) electrons. The molecule has 0 spiro atoms. The molecular weight excluding hydrogens is 521 g/mol. The predicted octanol–water partition coefficient (Wildman–Crippen LogP) is 5.26. The Labute approximate surface area is 222 Å². The highest BCUT2D eigenvalue weighted by Crippen LogP contribution is 2.48. The first-order valence-corrected chi connectivity index (χ1v) is 11.7. The van der Waals surface area contributed by atoms with Crippen molar-refractivity contribution >= 4 is 52.3 Å². The Balaban J connectivity index is 1.94. The van der Waals surface area contributed by atoms with Crippen molar-refractivity contribution in [2.24, 2.45) is 0 Å². The number of halogens is 2. The monoisotopic (exact) mass is 541 g/mol. The minimum atomic E-state index is -1.00. The number of nitrogens with zero attached hydrogens (tertiary/aromatic N) is 1. The number of aliphatic carboxylic acids is 1. The summed E-state index contributed by atoms with van der Waals surface area (Å²) < 4.78 is 10.6. The Morgan fingerprint density at radius 1 is 0.946 bits per heavy atom. The normalized spacial score (nSPS) is 16.6. The molecule has 0 saturated carbocycles. The zero-order valence-electron chi connectivity index (χ0n) is 19.7. The number of Topliss-reactive ketones (excluding diaryl/α,β-unsaturated/α-hetero) is 1. The summed E-state index contributed by atoms with van der Waals surface area (Å²) in [6.07, 6.45) is -0.194. The van der Waals surface area contributed by atoms with Gasteiger partial charge in [-0.2, -0.15) is 0 Å². The zero-order chi connectivity index (χ0) is 26.9. The van der Waals surface area contributed by atoms with E-state index in [2.05, 4.69) is 0 Å². The van der Waals surface area contributed by atoms with Gasteiger partial charge in [0.2, 0.25) is 0 Å². The number of hydrogen-bond acceptors (Lipinski definition) is 6. The summed E-state index contributed by atoms with van der Waals surface area (Å²) in [4.78, 5) is 39.0. The number of carbonyl (C=O) groups excluding carboxylic acids is 2. The maximum atomic E-state index is 13.4. The fourth-order valence-electron chi connectivity index (χ4n) is 4.29. The molecule has 3 aromatic rings. The lowest BCUT2D eigenvalue weighted by Gasteiger charge is -2.26. The maximum absolute atomic E-state index is 13.4. The van der Waals surface area contributed by atoms with Crippen LogP contribution in [-0.2, 0) is 20.8 Å². The molecule has 10 heteroatoms. The molecule has 8 nitrogen and oxygen atoms in total. The van der Waals surface area contributed by atoms with Crippen molar-refractivity contribution in [2.45, 2.75) is 12.5 Å². The van der Waals surface area contributed by atoms with Gasteiger partial charge in [0.15, 0.2) is 11.5 Å². The van der Waals surface area contributed by atoms with Gasteiger partial charge in [0.05, 0.1) is 42.8 Å². The van der Waals surface area contributed by atoms with E-state index < -0.39 is 29.5 Å². The van der Waals surface area contributed by atoms with Crippen LogP contribution in [0.4, 0.5) is 5.69 Å². The lowest BCUT2D eigenvalue weighted by molar-refractivity contribution is -0.136.